The van der Waals surface area contributed by atoms with Crippen LogP contribution in [0, 0.1) is 0 Å². The van der Waals surface area contributed by atoms with E-state index < -0.39 is 6.10 Å². The number of hydrogen-bond donors (Lipinski definition) is 1. The molecule has 0 saturated carbocycles. The number of rotatable bonds is 7. The lowest BCUT2D eigenvalue weighted by molar-refractivity contribution is -0.127. The number of methoxy groups -OCH3 is 1. The van der Waals surface area contributed by atoms with Crippen molar-refractivity contribution in [3.8, 4) is 22.9 Å². The molecule has 3 rings (SSSR count). The highest BCUT2D eigenvalue weighted by atomic mass is 16.5. The van der Waals surface area contributed by atoms with Crippen LogP contribution < -0.4 is 14.8 Å². The number of nitrogens with zero attached hydrogens (tertiary/aromatic N) is 2. The van der Waals surface area contributed by atoms with E-state index in [-0.39, 0.29) is 12.5 Å². The minimum absolute atomic E-state index is 0.123. The van der Waals surface area contributed by atoms with Crippen molar-refractivity contribution in [2.45, 2.75) is 19.6 Å². The second-order valence-electron chi connectivity index (χ2n) is 5.51. The Bertz CT molecular complexity index is 864. The van der Waals surface area contributed by atoms with Gasteiger partial charge in [0.05, 0.1) is 13.7 Å². The third kappa shape index (κ3) is 4.18. The molecular formula is C19H19N3O4. The molecule has 1 aromatic heterocycles. The van der Waals surface area contributed by atoms with Gasteiger partial charge in [-0.25, -0.2) is 0 Å². The summed E-state index contributed by atoms with van der Waals surface area (Å²) in [6, 6.07) is 16.6. The van der Waals surface area contributed by atoms with Gasteiger partial charge in [-0.05, 0) is 19.1 Å². The molecule has 0 aliphatic carbocycles. The molecular weight excluding hydrogens is 334 g/mol. The number of carbonyl (C=O) groups excluding carboxylic acids is 1. The van der Waals surface area contributed by atoms with Crippen LogP contribution in [0.3, 0.4) is 0 Å². The van der Waals surface area contributed by atoms with Crippen LogP contribution in [0.4, 0.5) is 0 Å². The lowest BCUT2D eigenvalue weighted by Gasteiger charge is -2.16. The maximum absolute atomic E-state index is 12.2. The van der Waals surface area contributed by atoms with Crippen molar-refractivity contribution in [1.82, 2.24) is 15.5 Å². The fraction of sp³-hybridized carbons (Fsp3) is 0.211. The number of nitrogens with one attached hydrogen (secondary N) is 1. The molecule has 0 aliphatic heterocycles. The lowest BCUT2D eigenvalue weighted by Crippen LogP contribution is -2.36. The summed E-state index contributed by atoms with van der Waals surface area (Å²) in [6.45, 7) is 1.78. The maximum Gasteiger partial charge on any atom is 0.261 e. The number of ether oxygens (including phenoxy) is 2. The first kappa shape index (κ1) is 17.5. The first-order valence-electron chi connectivity index (χ1n) is 8.13. The van der Waals surface area contributed by atoms with E-state index in [9.17, 15) is 4.79 Å². The Kier molecular flexibility index (Phi) is 5.48. The highest BCUT2D eigenvalue weighted by Crippen LogP contribution is 2.26. The molecule has 0 spiro atoms. The molecule has 0 fully saturated rings. The van der Waals surface area contributed by atoms with Crippen LogP contribution in [0.25, 0.3) is 11.4 Å². The summed E-state index contributed by atoms with van der Waals surface area (Å²) >= 11 is 0. The van der Waals surface area contributed by atoms with Crippen LogP contribution in [-0.4, -0.2) is 29.3 Å². The van der Waals surface area contributed by atoms with Crippen molar-refractivity contribution in [3.63, 3.8) is 0 Å². The summed E-state index contributed by atoms with van der Waals surface area (Å²) in [6.07, 6.45) is -0.706. The summed E-state index contributed by atoms with van der Waals surface area (Å²) in [4.78, 5) is 16.5. The Balaban J connectivity index is 1.56. The predicted octanol–water partition coefficient (Wildman–Crippen LogP) is 2.83. The molecule has 3 aromatic rings. The van der Waals surface area contributed by atoms with E-state index in [1.54, 1.807) is 26.2 Å². The van der Waals surface area contributed by atoms with Gasteiger partial charge in [-0.2, -0.15) is 4.98 Å². The molecule has 0 aliphatic rings. The van der Waals surface area contributed by atoms with Gasteiger partial charge in [0.25, 0.3) is 5.91 Å². The van der Waals surface area contributed by atoms with Gasteiger partial charge < -0.3 is 19.3 Å². The Morgan fingerprint density at radius 2 is 1.81 bits per heavy atom. The molecule has 26 heavy (non-hydrogen) atoms. The SMILES string of the molecule is COc1ccccc1O[C@@H](C)C(=O)NCc1nc(-c2ccccc2)no1. The molecule has 0 saturated heterocycles. The summed E-state index contributed by atoms with van der Waals surface area (Å²) in [5, 5.41) is 6.63. The summed E-state index contributed by atoms with van der Waals surface area (Å²) in [5.41, 5.74) is 0.849. The number of aromatic nitrogens is 2. The van der Waals surface area contributed by atoms with Crippen molar-refractivity contribution in [2.24, 2.45) is 0 Å². The molecule has 7 nitrogen and oxygen atoms in total. The molecule has 1 N–H and O–H groups in total. The first-order valence-corrected chi connectivity index (χ1v) is 8.13. The van der Waals surface area contributed by atoms with Crippen LogP contribution in [0.5, 0.6) is 11.5 Å². The van der Waals surface area contributed by atoms with E-state index in [2.05, 4.69) is 15.5 Å². The number of para-hydroxylation sites is 2. The van der Waals surface area contributed by atoms with Crippen molar-refractivity contribution in [2.75, 3.05) is 7.11 Å². The highest BCUT2D eigenvalue weighted by Gasteiger charge is 2.17. The van der Waals surface area contributed by atoms with Crippen LogP contribution in [-0.2, 0) is 11.3 Å². The normalized spacial score (nSPS) is 11.6. The average Bonchev–Trinajstić information content (AvgIpc) is 3.16. The Hall–Kier alpha value is -3.35. The van der Waals surface area contributed by atoms with Crippen LogP contribution in [0.1, 0.15) is 12.8 Å². The van der Waals surface area contributed by atoms with Gasteiger partial charge in [0, 0.05) is 5.56 Å². The van der Waals surface area contributed by atoms with Crippen LogP contribution in [0.2, 0.25) is 0 Å². The van der Waals surface area contributed by atoms with Crippen LogP contribution in [0.15, 0.2) is 59.1 Å². The van der Waals surface area contributed by atoms with Crippen molar-refractivity contribution >= 4 is 5.91 Å². The van der Waals surface area contributed by atoms with E-state index in [4.69, 9.17) is 14.0 Å². The van der Waals surface area contributed by atoms with E-state index in [0.717, 1.165) is 5.56 Å². The molecule has 7 heteroatoms. The van der Waals surface area contributed by atoms with Crippen molar-refractivity contribution in [3.05, 3.63) is 60.5 Å². The zero-order valence-electron chi connectivity index (χ0n) is 14.5. The fourth-order valence-electron chi connectivity index (χ4n) is 2.30. The van der Waals surface area contributed by atoms with Gasteiger partial charge in [0.2, 0.25) is 11.7 Å². The minimum Gasteiger partial charge on any atom is -0.493 e. The van der Waals surface area contributed by atoms with Gasteiger partial charge in [-0.1, -0.05) is 47.6 Å². The Morgan fingerprint density at radius 3 is 2.54 bits per heavy atom. The first-order chi connectivity index (χ1) is 12.7. The average molecular weight is 353 g/mol. The van der Waals surface area contributed by atoms with Gasteiger partial charge in [-0.15, -0.1) is 0 Å². The van der Waals surface area contributed by atoms with E-state index in [1.807, 2.05) is 42.5 Å². The highest BCUT2D eigenvalue weighted by molar-refractivity contribution is 5.80. The summed E-state index contributed by atoms with van der Waals surface area (Å²) in [5.74, 6) is 1.57. The Labute approximate surface area is 150 Å². The topological polar surface area (TPSA) is 86.5 Å². The monoisotopic (exact) mass is 353 g/mol. The largest absolute Gasteiger partial charge is 0.493 e. The second kappa shape index (κ2) is 8.15. The number of hydrogen-bond acceptors (Lipinski definition) is 6. The van der Waals surface area contributed by atoms with Gasteiger partial charge in [0.15, 0.2) is 17.6 Å². The van der Waals surface area contributed by atoms with Gasteiger partial charge in [0.1, 0.15) is 0 Å². The van der Waals surface area contributed by atoms with Crippen LogP contribution >= 0.6 is 0 Å². The second-order valence-corrected chi connectivity index (χ2v) is 5.51. The summed E-state index contributed by atoms with van der Waals surface area (Å²) < 4.78 is 16.0. The van der Waals surface area contributed by atoms with E-state index in [1.165, 1.54) is 0 Å². The Morgan fingerprint density at radius 1 is 1.12 bits per heavy atom. The van der Waals surface area contributed by atoms with E-state index >= 15 is 0 Å². The fourth-order valence-corrected chi connectivity index (χ4v) is 2.30. The molecule has 134 valence electrons. The molecule has 2 aromatic carbocycles. The maximum atomic E-state index is 12.2. The lowest BCUT2D eigenvalue weighted by atomic mass is 10.2. The quantitative estimate of drug-likeness (QED) is 0.703. The number of benzene rings is 2. The molecule has 0 unspecified atom stereocenters. The number of carbonyl (C=O) groups is 1. The molecule has 1 atom stereocenters. The molecule has 0 bridgehead atoms. The third-order valence-electron chi connectivity index (χ3n) is 3.66. The van der Waals surface area contributed by atoms with Crippen molar-refractivity contribution < 1.29 is 18.8 Å². The standard InChI is InChI=1S/C19H19N3O4/c1-13(25-16-11-7-6-10-15(16)24-2)19(23)20-12-17-21-18(22-26-17)14-8-4-3-5-9-14/h3-11,13H,12H2,1-2H3,(H,20,23)/t13-/m0/s1. The smallest absolute Gasteiger partial charge is 0.261 e. The third-order valence-corrected chi connectivity index (χ3v) is 3.66. The predicted molar refractivity (Wildman–Crippen MR) is 94.7 cm³/mol. The minimum atomic E-state index is -0.706. The molecule has 0 radical (unpaired) electrons. The number of amides is 1. The molecule has 1 amide bonds. The van der Waals surface area contributed by atoms with Gasteiger partial charge in [-0.3, -0.25) is 4.79 Å². The van der Waals surface area contributed by atoms with Gasteiger partial charge >= 0.3 is 0 Å². The zero-order valence-corrected chi connectivity index (χ0v) is 14.5. The van der Waals surface area contributed by atoms with E-state index in [0.29, 0.717) is 23.2 Å². The zero-order chi connectivity index (χ0) is 18.4. The molecule has 1 heterocycles. The summed E-state index contributed by atoms with van der Waals surface area (Å²) in [7, 11) is 1.55. The van der Waals surface area contributed by atoms with Crippen molar-refractivity contribution in [1.29, 1.82) is 0 Å².